The standard InChI is InChI=1S/C18H17F3N2O2/c1-11-10-23(15-8-5-9-22-16(15)25-11)17(24)12(2)13-6-3-4-7-14(13)18(19,20)21/h3-9,11-12H,10H2,1-2H3. The van der Waals surface area contributed by atoms with Gasteiger partial charge in [-0.1, -0.05) is 18.2 Å². The molecule has 2 heterocycles. The Labute approximate surface area is 143 Å². The molecule has 0 N–H and O–H groups in total. The number of anilines is 1. The number of alkyl halides is 3. The molecule has 0 spiro atoms. The molecule has 3 rings (SSSR count). The molecule has 0 bridgehead atoms. The summed E-state index contributed by atoms with van der Waals surface area (Å²) < 4.78 is 45.4. The molecule has 1 amide bonds. The van der Waals surface area contributed by atoms with E-state index in [0.717, 1.165) is 6.07 Å². The van der Waals surface area contributed by atoms with E-state index in [4.69, 9.17) is 4.74 Å². The third-order valence-corrected chi connectivity index (χ3v) is 4.16. The second kappa shape index (κ2) is 6.38. The van der Waals surface area contributed by atoms with Gasteiger partial charge in [-0.25, -0.2) is 4.98 Å². The van der Waals surface area contributed by atoms with Crippen molar-refractivity contribution < 1.29 is 22.7 Å². The van der Waals surface area contributed by atoms with Crippen LogP contribution in [0.15, 0.2) is 42.6 Å². The lowest BCUT2D eigenvalue weighted by Crippen LogP contribution is -2.44. The van der Waals surface area contributed by atoms with E-state index in [0.29, 0.717) is 11.6 Å². The first-order chi connectivity index (χ1) is 11.8. The number of benzene rings is 1. The number of nitrogens with zero attached hydrogens (tertiary/aromatic N) is 2. The molecule has 1 aliphatic heterocycles. The van der Waals surface area contributed by atoms with Crippen molar-refractivity contribution in [1.82, 2.24) is 4.98 Å². The van der Waals surface area contributed by atoms with E-state index in [-0.39, 0.29) is 18.2 Å². The van der Waals surface area contributed by atoms with Crippen LogP contribution in [0.5, 0.6) is 5.88 Å². The summed E-state index contributed by atoms with van der Waals surface area (Å²) in [6.07, 6.45) is -3.26. The lowest BCUT2D eigenvalue weighted by molar-refractivity contribution is -0.138. The minimum atomic E-state index is -4.51. The first-order valence-corrected chi connectivity index (χ1v) is 7.88. The Balaban J connectivity index is 1.97. The predicted molar refractivity (Wildman–Crippen MR) is 86.5 cm³/mol. The minimum absolute atomic E-state index is 0.0374. The molecule has 1 aromatic heterocycles. The van der Waals surface area contributed by atoms with Gasteiger partial charge < -0.3 is 9.64 Å². The average Bonchev–Trinajstić information content (AvgIpc) is 2.59. The molecule has 7 heteroatoms. The molecule has 132 valence electrons. The molecule has 4 nitrogen and oxygen atoms in total. The number of pyridine rings is 1. The third kappa shape index (κ3) is 3.31. The lowest BCUT2D eigenvalue weighted by Gasteiger charge is -2.34. The van der Waals surface area contributed by atoms with Gasteiger partial charge in [-0.3, -0.25) is 4.79 Å². The predicted octanol–water partition coefficient (Wildman–Crippen LogP) is 4.02. The van der Waals surface area contributed by atoms with E-state index in [2.05, 4.69) is 4.98 Å². The van der Waals surface area contributed by atoms with Crippen molar-refractivity contribution in [3.05, 3.63) is 53.7 Å². The number of hydrogen-bond donors (Lipinski definition) is 0. The fourth-order valence-corrected chi connectivity index (χ4v) is 2.97. The van der Waals surface area contributed by atoms with Gasteiger partial charge in [0.1, 0.15) is 11.8 Å². The molecule has 0 saturated heterocycles. The Kier molecular flexibility index (Phi) is 4.41. The summed E-state index contributed by atoms with van der Waals surface area (Å²) in [7, 11) is 0. The molecule has 2 atom stereocenters. The van der Waals surface area contributed by atoms with Gasteiger partial charge in [-0.2, -0.15) is 13.2 Å². The highest BCUT2D eigenvalue weighted by Gasteiger charge is 2.38. The van der Waals surface area contributed by atoms with E-state index in [1.807, 2.05) is 0 Å². The quantitative estimate of drug-likeness (QED) is 0.822. The Morgan fingerprint density at radius 2 is 2.00 bits per heavy atom. The van der Waals surface area contributed by atoms with Crippen LogP contribution < -0.4 is 9.64 Å². The molecular formula is C18H17F3N2O2. The van der Waals surface area contributed by atoms with Crippen LogP contribution >= 0.6 is 0 Å². The monoisotopic (exact) mass is 350 g/mol. The number of fused-ring (bicyclic) bond motifs is 1. The van der Waals surface area contributed by atoms with E-state index >= 15 is 0 Å². The number of aromatic nitrogens is 1. The van der Waals surface area contributed by atoms with Crippen LogP contribution in [0.4, 0.5) is 18.9 Å². The van der Waals surface area contributed by atoms with Crippen LogP contribution in [-0.4, -0.2) is 23.5 Å². The number of halogens is 3. The molecule has 0 saturated carbocycles. The molecule has 1 aromatic carbocycles. The zero-order chi connectivity index (χ0) is 18.2. The van der Waals surface area contributed by atoms with Gasteiger partial charge in [0.05, 0.1) is 18.0 Å². The Bertz CT molecular complexity index is 792. The van der Waals surface area contributed by atoms with Gasteiger partial charge in [-0.05, 0) is 37.6 Å². The summed E-state index contributed by atoms with van der Waals surface area (Å²) in [6.45, 7) is 3.53. The topological polar surface area (TPSA) is 42.4 Å². The fourth-order valence-electron chi connectivity index (χ4n) is 2.97. The highest BCUT2D eigenvalue weighted by atomic mass is 19.4. The van der Waals surface area contributed by atoms with E-state index in [1.165, 1.54) is 30.0 Å². The average molecular weight is 350 g/mol. The maximum atomic E-state index is 13.3. The molecule has 0 radical (unpaired) electrons. The van der Waals surface area contributed by atoms with Crippen molar-refractivity contribution in [1.29, 1.82) is 0 Å². The Morgan fingerprint density at radius 3 is 2.72 bits per heavy atom. The van der Waals surface area contributed by atoms with Crippen molar-refractivity contribution in [2.24, 2.45) is 0 Å². The first kappa shape index (κ1) is 17.3. The molecule has 2 unspecified atom stereocenters. The van der Waals surface area contributed by atoms with Crippen LogP contribution in [0.25, 0.3) is 0 Å². The molecular weight excluding hydrogens is 333 g/mol. The maximum absolute atomic E-state index is 13.3. The maximum Gasteiger partial charge on any atom is 0.416 e. The van der Waals surface area contributed by atoms with Crippen LogP contribution in [0.2, 0.25) is 0 Å². The molecule has 2 aromatic rings. The molecule has 25 heavy (non-hydrogen) atoms. The van der Waals surface area contributed by atoms with Crippen molar-refractivity contribution in [2.75, 3.05) is 11.4 Å². The zero-order valence-corrected chi connectivity index (χ0v) is 13.7. The van der Waals surface area contributed by atoms with Gasteiger partial charge >= 0.3 is 6.18 Å². The highest BCUT2D eigenvalue weighted by molar-refractivity contribution is 5.99. The number of rotatable bonds is 2. The van der Waals surface area contributed by atoms with Gasteiger partial charge in [0.2, 0.25) is 11.8 Å². The number of ether oxygens (including phenoxy) is 1. The number of carbonyl (C=O) groups excluding carboxylic acids is 1. The number of amides is 1. The summed E-state index contributed by atoms with van der Waals surface area (Å²) in [5.41, 5.74) is -0.352. The van der Waals surface area contributed by atoms with E-state index in [1.54, 1.807) is 25.3 Å². The van der Waals surface area contributed by atoms with E-state index in [9.17, 15) is 18.0 Å². The van der Waals surface area contributed by atoms with Crippen molar-refractivity contribution in [3.8, 4) is 5.88 Å². The number of carbonyl (C=O) groups is 1. The van der Waals surface area contributed by atoms with Crippen molar-refractivity contribution in [2.45, 2.75) is 32.0 Å². The van der Waals surface area contributed by atoms with Gasteiger partial charge in [0.25, 0.3) is 0 Å². The van der Waals surface area contributed by atoms with Crippen LogP contribution in [0, 0.1) is 0 Å². The SMILES string of the molecule is CC1CN(C(=O)C(C)c2ccccc2C(F)(F)F)c2cccnc2O1. The fraction of sp³-hybridized carbons (Fsp3) is 0.333. The molecule has 0 aliphatic carbocycles. The second-order valence-corrected chi connectivity index (χ2v) is 6.01. The van der Waals surface area contributed by atoms with Crippen molar-refractivity contribution >= 4 is 11.6 Å². The molecule has 1 aliphatic rings. The van der Waals surface area contributed by atoms with E-state index < -0.39 is 23.6 Å². The smallest absolute Gasteiger partial charge is 0.416 e. The number of hydrogen-bond acceptors (Lipinski definition) is 3. The summed E-state index contributed by atoms with van der Waals surface area (Å²) in [5, 5.41) is 0. The highest BCUT2D eigenvalue weighted by Crippen LogP contribution is 2.38. The van der Waals surface area contributed by atoms with Gasteiger partial charge in [-0.15, -0.1) is 0 Å². The summed E-state index contributed by atoms with van der Waals surface area (Å²) >= 11 is 0. The zero-order valence-electron chi connectivity index (χ0n) is 13.7. The second-order valence-electron chi connectivity index (χ2n) is 6.01. The Hall–Kier alpha value is -2.57. The largest absolute Gasteiger partial charge is 0.471 e. The van der Waals surface area contributed by atoms with Crippen LogP contribution in [-0.2, 0) is 11.0 Å². The summed E-state index contributed by atoms with van der Waals surface area (Å²) in [5.74, 6) is -1.05. The van der Waals surface area contributed by atoms with Crippen LogP contribution in [0.1, 0.15) is 30.9 Å². The van der Waals surface area contributed by atoms with Gasteiger partial charge in [0, 0.05) is 6.20 Å². The Morgan fingerprint density at radius 1 is 1.28 bits per heavy atom. The third-order valence-electron chi connectivity index (χ3n) is 4.16. The van der Waals surface area contributed by atoms with Crippen LogP contribution in [0.3, 0.4) is 0 Å². The van der Waals surface area contributed by atoms with Gasteiger partial charge in [0.15, 0.2) is 0 Å². The summed E-state index contributed by atoms with van der Waals surface area (Å²) in [4.78, 5) is 18.5. The minimum Gasteiger partial charge on any atom is -0.471 e. The lowest BCUT2D eigenvalue weighted by atomic mass is 9.93. The summed E-state index contributed by atoms with van der Waals surface area (Å²) in [6, 6.07) is 8.50. The first-order valence-electron chi connectivity index (χ1n) is 7.88. The normalized spacial score (nSPS) is 18.3. The van der Waals surface area contributed by atoms with Crippen molar-refractivity contribution in [3.63, 3.8) is 0 Å². The molecule has 0 fully saturated rings.